The molecule has 6 heteroatoms. The number of rotatable bonds is 6. The fourth-order valence-electron chi connectivity index (χ4n) is 2.56. The smallest absolute Gasteiger partial charge is 0.317 e. The lowest BCUT2D eigenvalue weighted by Gasteiger charge is -2.23. The monoisotopic (exact) mass is 342 g/mol. The molecule has 1 fully saturated rings. The first-order valence-electron chi connectivity index (χ1n) is 7.45. The second-order valence-corrected chi connectivity index (χ2v) is 7.05. The molecule has 0 radical (unpaired) electrons. The molecule has 1 aromatic rings. The molecule has 0 aliphatic carbocycles. The van der Waals surface area contributed by atoms with Gasteiger partial charge in [0.1, 0.15) is 0 Å². The summed E-state index contributed by atoms with van der Waals surface area (Å²) in [7, 11) is 1.83. The van der Waals surface area contributed by atoms with E-state index in [1.54, 1.807) is 16.7 Å². The summed E-state index contributed by atoms with van der Waals surface area (Å²) in [5.74, 6) is 0.458. The number of carbonyl (C=O) groups excluding carboxylic acids is 1. The third-order valence-corrected chi connectivity index (χ3v) is 5.09. The van der Waals surface area contributed by atoms with Gasteiger partial charge in [-0.15, -0.1) is 0 Å². The van der Waals surface area contributed by atoms with E-state index in [4.69, 9.17) is 16.3 Å². The molecule has 22 heavy (non-hydrogen) atoms. The number of ether oxygens (including phenoxy) is 1. The molecule has 1 saturated heterocycles. The van der Waals surface area contributed by atoms with Gasteiger partial charge in [0.05, 0.1) is 6.61 Å². The highest BCUT2D eigenvalue weighted by molar-refractivity contribution is 7.98. The maximum Gasteiger partial charge on any atom is 0.317 e. The van der Waals surface area contributed by atoms with Crippen molar-refractivity contribution in [2.24, 2.45) is 5.92 Å². The topological polar surface area (TPSA) is 41.6 Å². The number of hydrogen-bond acceptors (Lipinski definition) is 3. The average molecular weight is 343 g/mol. The van der Waals surface area contributed by atoms with Crippen molar-refractivity contribution >= 4 is 29.4 Å². The first kappa shape index (κ1) is 17.4. The Labute approximate surface area is 141 Å². The van der Waals surface area contributed by atoms with Crippen molar-refractivity contribution in [2.45, 2.75) is 11.7 Å². The van der Waals surface area contributed by atoms with Crippen molar-refractivity contribution in [1.29, 1.82) is 0 Å². The van der Waals surface area contributed by atoms with Gasteiger partial charge < -0.3 is 15.0 Å². The van der Waals surface area contributed by atoms with Gasteiger partial charge in [0.15, 0.2) is 0 Å². The van der Waals surface area contributed by atoms with Gasteiger partial charge >= 0.3 is 6.03 Å². The molecule has 2 rings (SSSR count). The Morgan fingerprint density at radius 1 is 1.59 bits per heavy atom. The molecule has 1 aliphatic heterocycles. The highest BCUT2D eigenvalue weighted by atomic mass is 35.5. The number of urea groups is 1. The molecule has 4 nitrogen and oxygen atoms in total. The third-order valence-electron chi connectivity index (χ3n) is 3.85. The Morgan fingerprint density at radius 3 is 3.05 bits per heavy atom. The Kier molecular flexibility index (Phi) is 6.86. The van der Waals surface area contributed by atoms with Crippen LogP contribution in [-0.4, -0.2) is 50.5 Å². The maximum atomic E-state index is 12.2. The quantitative estimate of drug-likeness (QED) is 0.861. The fraction of sp³-hybridized carbons (Fsp3) is 0.562. The highest BCUT2D eigenvalue weighted by Gasteiger charge is 2.20. The maximum absolute atomic E-state index is 12.2. The molecular weight excluding hydrogens is 320 g/mol. The molecule has 0 saturated carbocycles. The molecule has 2 amide bonds. The zero-order valence-corrected chi connectivity index (χ0v) is 14.6. The average Bonchev–Trinajstić information content (AvgIpc) is 3.00. The largest absolute Gasteiger partial charge is 0.381 e. The summed E-state index contributed by atoms with van der Waals surface area (Å²) in [6.45, 7) is 2.90. The van der Waals surface area contributed by atoms with Crippen LogP contribution in [0.25, 0.3) is 0 Å². The Hall–Kier alpha value is -0.910. The van der Waals surface area contributed by atoms with Crippen LogP contribution in [0.15, 0.2) is 24.3 Å². The number of carbonyl (C=O) groups is 1. The van der Waals surface area contributed by atoms with Gasteiger partial charge in [0.2, 0.25) is 0 Å². The second kappa shape index (κ2) is 8.65. The van der Waals surface area contributed by atoms with Crippen LogP contribution < -0.4 is 5.32 Å². The van der Waals surface area contributed by atoms with E-state index >= 15 is 0 Å². The van der Waals surface area contributed by atoms with Crippen molar-refractivity contribution in [3.8, 4) is 0 Å². The third kappa shape index (κ3) is 5.07. The van der Waals surface area contributed by atoms with Gasteiger partial charge in [0, 0.05) is 42.9 Å². The molecule has 1 aromatic carbocycles. The molecule has 0 unspecified atom stereocenters. The van der Waals surface area contributed by atoms with Crippen molar-refractivity contribution < 1.29 is 9.53 Å². The van der Waals surface area contributed by atoms with Crippen LogP contribution in [0.3, 0.4) is 0 Å². The van der Waals surface area contributed by atoms with Gasteiger partial charge in [-0.25, -0.2) is 4.79 Å². The summed E-state index contributed by atoms with van der Waals surface area (Å²) in [6.07, 6.45) is 3.07. The van der Waals surface area contributed by atoms with E-state index in [-0.39, 0.29) is 11.3 Å². The van der Waals surface area contributed by atoms with Crippen LogP contribution in [0.1, 0.15) is 17.2 Å². The second-order valence-electron chi connectivity index (χ2n) is 5.58. The van der Waals surface area contributed by atoms with Crippen LogP contribution in [0.5, 0.6) is 0 Å². The van der Waals surface area contributed by atoms with Crippen LogP contribution in [-0.2, 0) is 4.74 Å². The summed E-state index contributed by atoms with van der Waals surface area (Å²) in [5.41, 5.74) is 1.13. The van der Waals surface area contributed by atoms with Gasteiger partial charge in [-0.3, -0.25) is 0 Å². The highest BCUT2D eigenvalue weighted by Crippen LogP contribution is 2.27. The minimum atomic E-state index is -0.0343. The number of halogens is 1. The molecule has 0 bridgehead atoms. The Morgan fingerprint density at radius 2 is 2.41 bits per heavy atom. The van der Waals surface area contributed by atoms with Crippen molar-refractivity contribution in [3.05, 3.63) is 34.9 Å². The standard InChI is InChI=1S/C16H23ClN2O2S/c1-19(10-12-6-7-21-11-12)16(20)18-9-15(22-2)13-4-3-5-14(17)8-13/h3-5,8,12,15H,6-7,9-11H2,1-2H3,(H,18,20)/t12-,15-/m1/s1. The Balaban J connectivity index is 1.82. The van der Waals surface area contributed by atoms with Crippen LogP contribution in [0, 0.1) is 5.92 Å². The van der Waals surface area contributed by atoms with E-state index in [1.165, 1.54) is 0 Å². The van der Waals surface area contributed by atoms with Crippen LogP contribution >= 0.6 is 23.4 Å². The minimum absolute atomic E-state index is 0.0343. The molecule has 1 heterocycles. The molecule has 0 aromatic heterocycles. The zero-order valence-electron chi connectivity index (χ0n) is 13.0. The van der Waals surface area contributed by atoms with Crippen LogP contribution in [0.4, 0.5) is 4.79 Å². The number of nitrogens with zero attached hydrogens (tertiary/aromatic N) is 1. The number of hydrogen-bond donors (Lipinski definition) is 1. The predicted molar refractivity (Wildman–Crippen MR) is 92.7 cm³/mol. The van der Waals surface area contributed by atoms with E-state index < -0.39 is 0 Å². The zero-order chi connectivity index (χ0) is 15.9. The van der Waals surface area contributed by atoms with Crippen molar-refractivity contribution in [3.63, 3.8) is 0 Å². The molecule has 122 valence electrons. The van der Waals surface area contributed by atoms with Gasteiger partial charge in [-0.2, -0.15) is 11.8 Å². The molecule has 1 aliphatic rings. The van der Waals surface area contributed by atoms with E-state index in [0.717, 1.165) is 36.8 Å². The SMILES string of the molecule is CS[C@H](CNC(=O)N(C)C[C@H]1CCOC1)c1cccc(Cl)c1. The molecular formula is C16H23ClN2O2S. The molecule has 2 atom stereocenters. The van der Waals surface area contributed by atoms with Gasteiger partial charge in [-0.1, -0.05) is 23.7 Å². The predicted octanol–water partition coefficient (Wildman–Crippen LogP) is 3.42. The van der Waals surface area contributed by atoms with E-state index in [9.17, 15) is 4.79 Å². The van der Waals surface area contributed by atoms with Gasteiger partial charge in [-0.05, 0) is 30.4 Å². The van der Waals surface area contributed by atoms with E-state index in [1.807, 2.05) is 37.6 Å². The molecule has 0 spiro atoms. The van der Waals surface area contributed by atoms with E-state index in [2.05, 4.69) is 5.32 Å². The number of amides is 2. The lowest BCUT2D eigenvalue weighted by Crippen LogP contribution is -2.41. The lowest BCUT2D eigenvalue weighted by atomic mass is 10.1. The van der Waals surface area contributed by atoms with E-state index in [0.29, 0.717) is 12.5 Å². The first-order chi connectivity index (χ1) is 10.6. The number of thioether (sulfide) groups is 1. The summed E-state index contributed by atoms with van der Waals surface area (Å²) in [5, 5.41) is 3.93. The number of nitrogens with one attached hydrogen (secondary N) is 1. The Bertz CT molecular complexity index is 495. The van der Waals surface area contributed by atoms with Crippen LogP contribution in [0.2, 0.25) is 5.02 Å². The molecule has 1 N–H and O–H groups in total. The summed E-state index contributed by atoms with van der Waals surface area (Å²) >= 11 is 7.74. The fourth-order valence-corrected chi connectivity index (χ4v) is 3.42. The first-order valence-corrected chi connectivity index (χ1v) is 9.11. The summed E-state index contributed by atoms with van der Waals surface area (Å²) in [4.78, 5) is 13.9. The normalized spacial score (nSPS) is 19.0. The van der Waals surface area contributed by atoms with Crippen molar-refractivity contribution in [1.82, 2.24) is 10.2 Å². The number of benzene rings is 1. The summed E-state index contributed by atoms with van der Waals surface area (Å²) < 4.78 is 5.35. The lowest BCUT2D eigenvalue weighted by molar-refractivity contribution is 0.171. The summed E-state index contributed by atoms with van der Waals surface area (Å²) in [6, 6.07) is 7.76. The minimum Gasteiger partial charge on any atom is -0.381 e. The van der Waals surface area contributed by atoms with Gasteiger partial charge in [0.25, 0.3) is 0 Å². The van der Waals surface area contributed by atoms with Crippen molar-refractivity contribution in [2.75, 3.05) is 39.6 Å².